The van der Waals surface area contributed by atoms with Crippen LogP contribution in [0.3, 0.4) is 0 Å². The summed E-state index contributed by atoms with van der Waals surface area (Å²) in [6.45, 7) is 0.472. The van der Waals surface area contributed by atoms with Crippen molar-refractivity contribution >= 4 is 10.8 Å². The molecule has 0 saturated heterocycles. The molecule has 4 rings (SSSR count). The van der Waals surface area contributed by atoms with Gasteiger partial charge in [0, 0.05) is 17.1 Å². The molecule has 2 heterocycles. The molecule has 0 aliphatic rings. The molecule has 2 aromatic carbocycles. The van der Waals surface area contributed by atoms with Gasteiger partial charge in [0.1, 0.15) is 5.75 Å². The van der Waals surface area contributed by atoms with Crippen LogP contribution in [0.5, 0.6) is 5.75 Å². The molecular formula is C21H16N2O2. The van der Waals surface area contributed by atoms with Crippen molar-refractivity contribution in [1.82, 2.24) is 9.55 Å². The highest BCUT2D eigenvalue weighted by atomic mass is 16.3. The second-order valence-corrected chi connectivity index (χ2v) is 5.88. The smallest absolute Gasteiger partial charge is 0.261 e. The minimum absolute atomic E-state index is 0.0126. The molecule has 4 nitrogen and oxygen atoms in total. The largest absolute Gasteiger partial charge is 0.506 e. The highest BCUT2D eigenvalue weighted by Crippen LogP contribution is 2.29. The Morgan fingerprint density at radius 1 is 0.920 bits per heavy atom. The molecule has 0 amide bonds. The zero-order chi connectivity index (χ0) is 17.2. The minimum atomic E-state index is -0.163. The maximum Gasteiger partial charge on any atom is 0.261 e. The molecule has 0 bridgehead atoms. The van der Waals surface area contributed by atoms with Crippen LogP contribution in [0.4, 0.5) is 0 Å². The highest BCUT2D eigenvalue weighted by Gasteiger charge is 2.14. The fourth-order valence-electron chi connectivity index (χ4n) is 3.00. The molecule has 0 saturated carbocycles. The summed E-state index contributed by atoms with van der Waals surface area (Å²) in [4.78, 5) is 17.4. The first-order valence-electron chi connectivity index (χ1n) is 8.04. The molecule has 0 aliphatic carbocycles. The van der Waals surface area contributed by atoms with Gasteiger partial charge in [-0.25, -0.2) is 0 Å². The van der Waals surface area contributed by atoms with Crippen molar-refractivity contribution in [3.05, 3.63) is 95.0 Å². The summed E-state index contributed by atoms with van der Waals surface area (Å²) in [5.41, 5.74) is 2.31. The maximum absolute atomic E-state index is 13.1. The zero-order valence-electron chi connectivity index (χ0n) is 13.5. The topological polar surface area (TPSA) is 55.1 Å². The Morgan fingerprint density at radius 2 is 1.60 bits per heavy atom. The maximum atomic E-state index is 13.1. The van der Waals surface area contributed by atoms with Gasteiger partial charge in [-0.3, -0.25) is 9.78 Å². The first-order chi connectivity index (χ1) is 12.2. The molecule has 0 radical (unpaired) electrons. The lowest BCUT2D eigenvalue weighted by molar-refractivity contribution is 0.479. The number of hydrogen-bond donors (Lipinski definition) is 1. The van der Waals surface area contributed by atoms with Crippen molar-refractivity contribution in [2.45, 2.75) is 6.54 Å². The van der Waals surface area contributed by atoms with E-state index in [1.807, 2.05) is 60.7 Å². The van der Waals surface area contributed by atoms with Crippen LogP contribution < -0.4 is 5.56 Å². The molecule has 0 aliphatic heterocycles. The van der Waals surface area contributed by atoms with Gasteiger partial charge in [0.05, 0.1) is 23.8 Å². The molecule has 122 valence electrons. The molecule has 1 N–H and O–H groups in total. The van der Waals surface area contributed by atoms with Gasteiger partial charge in [-0.05, 0) is 11.6 Å². The van der Waals surface area contributed by atoms with E-state index in [-0.39, 0.29) is 11.3 Å². The Morgan fingerprint density at radius 3 is 2.32 bits per heavy atom. The molecule has 0 atom stereocenters. The third-order valence-corrected chi connectivity index (χ3v) is 4.24. The van der Waals surface area contributed by atoms with Gasteiger partial charge in [0.15, 0.2) is 0 Å². The predicted octanol–water partition coefficient (Wildman–Crippen LogP) is 3.82. The number of aromatic hydroxyl groups is 1. The summed E-state index contributed by atoms with van der Waals surface area (Å²) in [6, 6.07) is 21.1. The van der Waals surface area contributed by atoms with Gasteiger partial charge in [-0.2, -0.15) is 0 Å². The van der Waals surface area contributed by atoms with Gasteiger partial charge in [0.25, 0.3) is 5.56 Å². The van der Waals surface area contributed by atoms with E-state index in [0.717, 1.165) is 11.1 Å². The SMILES string of the molecule is O=c1c2c(-c3ccccc3)ncc(O)c2ccn1Cc1ccccc1. The number of pyridine rings is 2. The van der Waals surface area contributed by atoms with E-state index in [1.165, 1.54) is 6.20 Å². The van der Waals surface area contributed by atoms with E-state index in [1.54, 1.807) is 16.8 Å². The van der Waals surface area contributed by atoms with Crippen molar-refractivity contribution in [2.24, 2.45) is 0 Å². The van der Waals surface area contributed by atoms with E-state index >= 15 is 0 Å². The number of rotatable bonds is 3. The molecular weight excluding hydrogens is 312 g/mol. The average Bonchev–Trinajstić information content (AvgIpc) is 2.66. The number of fused-ring (bicyclic) bond motifs is 1. The third kappa shape index (κ3) is 2.78. The van der Waals surface area contributed by atoms with Gasteiger partial charge >= 0.3 is 0 Å². The van der Waals surface area contributed by atoms with Crippen LogP contribution in [0.25, 0.3) is 22.0 Å². The molecule has 0 fully saturated rings. The Bertz CT molecular complexity index is 1090. The quantitative estimate of drug-likeness (QED) is 0.622. The Kier molecular flexibility index (Phi) is 3.78. The molecule has 4 heteroatoms. The van der Waals surface area contributed by atoms with Crippen LogP contribution in [-0.4, -0.2) is 14.7 Å². The van der Waals surface area contributed by atoms with Crippen LogP contribution in [0.1, 0.15) is 5.56 Å². The van der Waals surface area contributed by atoms with Crippen LogP contribution in [0.15, 0.2) is 83.9 Å². The molecule has 0 spiro atoms. The number of aromatic nitrogens is 2. The van der Waals surface area contributed by atoms with E-state index in [2.05, 4.69) is 4.98 Å². The first kappa shape index (κ1) is 15.1. The third-order valence-electron chi connectivity index (χ3n) is 4.24. The molecule has 0 unspecified atom stereocenters. The van der Waals surface area contributed by atoms with Crippen molar-refractivity contribution in [3.8, 4) is 17.0 Å². The number of hydrogen-bond acceptors (Lipinski definition) is 3. The van der Waals surface area contributed by atoms with E-state index in [0.29, 0.717) is 23.0 Å². The van der Waals surface area contributed by atoms with E-state index in [4.69, 9.17) is 0 Å². The minimum Gasteiger partial charge on any atom is -0.506 e. The fourth-order valence-corrected chi connectivity index (χ4v) is 3.00. The second kappa shape index (κ2) is 6.24. The van der Waals surface area contributed by atoms with Crippen molar-refractivity contribution < 1.29 is 5.11 Å². The van der Waals surface area contributed by atoms with Crippen LogP contribution in [0.2, 0.25) is 0 Å². The Hall–Kier alpha value is -3.40. The van der Waals surface area contributed by atoms with Crippen molar-refractivity contribution in [3.63, 3.8) is 0 Å². The molecule has 4 aromatic rings. The average molecular weight is 328 g/mol. The van der Waals surface area contributed by atoms with Crippen LogP contribution >= 0.6 is 0 Å². The fraction of sp³-hybridized carbons (Fsp3) is 0.0476. The van der Waals surface area contributed by atoms with Gasteiger partial charge in [0.2, 0.25) is 0 Å². The summed E-state index contributed by atoms with van der Waals surface area (Å²) in [7, 11) is 0. The second-order valence-electron chi connectivity index (χ2n) is 5.88. The van der Waals surface area contributed by atoms with Crippen molar-refractivity contribution in [1.29, 1.82) is 0 Å². The lowest BCUT2D eigenvalue weighted by atomic mass is 10.0. The predicted molar refractivity (Wildman–Crippen MR) is 98.6 cm³/mol. The standard InChI is InChI=1S/C21H16N2O2/c24-18-13-22-20(16-9-5-2-6-10-16)19-17(18)11-12-23(21(19)25)14-15-7-3-1-4-8-15/h1-13,24H,14H2. The zero-order valence-corrected chi connectivity index (χ0v) is 13.5. The summed E-state index contributed by atoms with van der Waals surface area (Å²) in [5.74, 6) is 0.0126. The van der Waals surface area contributed by atoms with Crippen molar-refractivity contribution in [2.75, 3.05) is 0 Å². The summed E-state index contributed by atoms with van der Waals surface area (Å²) < 4.78 is 1.64. The lowest BCUT2D eigenvalue weighted by Crippen LogP contribution is -2.21. The van der Waals surface area contributed by atoms with Gasteiger partial charge in [-0.15, -0.1) is 0 Å². The number of nitrogens with zero attached hydrogens (tertiary/aromatic N) is 2. The van der Waals surface area contributed by atoms with Crippen LogP contribution in [0, 0.1) is 0 Å². The first-order valence-corrected chi connectivity index (χ1v) is 8.04. The van der Waals surface area contributed by atoms with Gasteiger partial charge in [-0.1, -0.05) is 60.7 Å². The summed E-state index contributed by atoms with van der Waals surface area (Å²) in [5, 5.41) is 11.1. The summed E-state index contributed by atoms with van der Waals surface area (Å²) in [6.07, 6.45) is 3.11. The Balaban J connectivity index is 1.94. The number of benzene rings is 2. The highest BCUT2D eigenvalue weighted by molar-refractivity contribution is 5.97. The monoisotopic (exact) mass is 328 g/mol. The van der Waals surface area contributed by atoms with E-state index < -0.39 is 0 Å². The normalized spacial score (nSPS) is 10.9. The van der Waals surface area contributed by atoms with Crippen LogP contribution in [-0.2, 0) is 6.54 Å². The lowest BCUT2D eigenvalue weighted by Gasteiger charge is -2.11. The molecule has 25 heavy (non-hydrogen) atoms. The Labute approximate surface area is 144 Å². The van der Waals surface area contributed by atoms with Gasteiger partial charge < -0.3 is 9.67 Å². The summed E-state index contributed by atoms with van der Waals surface area (Å²) >= 11 is 0. The molecule has 2 aromatic heterocycles. The van der Waals surface area contributed by atoms with E-state index in [9.17, 15) is 9.90 Å².